The molecule has 1 fully saturated rings. The fraction of sp³-hybridized carbons (Fsp3) is 0.571. The van der Waals surface area contributed by atoms with E-state index in [0.717, 1.165) is 25.5 Å². The zero-order valence-electron chi connectivity index (χ0n) is 11.5. The van der Waals surface area contributed by atoms with Crippen LogP contribution in [0.1, 0.15) is 19.3 Å². The summed E-state index contributed by atoms with van der Waals surface area (Å²) in [5.74, 6) is -0.407. The maximum absolute atomic E-state index is 14.0. The van der Waals surface area contributed by atoms with Gasteiger partial charge in [-0.05, 0) is 25.0 Å². The summed E-state index contributed by atoms with van der Waals surface area (Å²) in [5.41, 5.74) is 6.26. The highest BCUT2D eigenvalue weighted by molar-refractivity contribution is 5.51. The summed E-state index contributed by atoms with van der Waals surface area (Å²) in [6, 6.07) is 4.14. The Morgan fingerprint density at radius 3 is 2.71 bits per heavy atom. The number of ether oxygens (including phenoxy) is 1. The highest BCUT2D eigenvalue weighted by atomic mass is 19.4. The molecule has 1 saturated heterocycles. The van der Waals surface area contributed by atoms with E-state index in [-0.39, 0.29) is 11.8 Å². The van der Waals surface area contributed by atoms with Crippen molar-refractivity contribution >= 4 is 5.69 Å². The molecule has 21 heavy (non-hydrogen) atoms. The van der Waals surface area contributed by atoms with E-state index in [2.05, 4.69) is 0 Å². The molecule has 0 radical (unpaired) electrons. The number of hydrogen-bond acceptors (Lipinski definition) is 3. The summed E-state index contributed by atoms with van der Waals surface area (Å²) in [7, 11) is 0. The minimum atomic E-state index is -4.28. The van der Waals surface area contributed by atoms with Gasteiger partial charge < -0.3 is 15.4 Å². The molecule has 118 valence electrons. The number of benzene rings is 1. The van der Waals surface area contributed by atoms with Gasteiger partial charge >= 0.3 is 6.18 Å². The van der Waals surface area contributed by atoms with E-state index in [9.17, 15) is 17.6 Å². The summed E-state index contributed by atoms with van der Waals surface area (Å²) >= 11 is 0. The molecule has 2 N–H and O–H groups in total. The average molecular weight is 306 g/mol. The van der Waals surface area contributed by atoms with Gasteiger partial charge in [-0.1, -0.05) is 0 Å². The van der Waals surface area contributed by atoms with E-state index in [4.69, 9.17) is 10.5 Å². The molecule has 0 amide bonds. The smallest absolute Gasteiger partial charge is 0.392 e. The number of hydrogen-bond donors (Lipinski definition) is 1. The molecule has 1 heterocycles. The molecule has 1 atom stereocenters. The standard InChI is InChI=1S/C14H18F4N2O/c15-12-8-11(21-7-5-14(16,17)18)3-4-13(12)20-6-1-2-10(19)9-20/h3-4,8,10H,1-2,5-7,9,19H2. The normalized spacial score (nSPS) is 19.7. The van der Waals surface area contributed by atoms with Crippen LogP contribution >= 0.6 is 0 Å². The number of nitrogens with zero attached hydrogens (tertiary/aromatic N) is 1. The summed E-state index contributed by atoms with van der Waals surface area (Å²) < 4.78 is 55.0. The van der Waals surface area contributed by atoms with E-state index in [1.165, 1.54) is 12.1 Å². The lowest BCUT2D eigenvalue weighted by Gasteiger charge is -2.32. The van der Waals surface area contributed by atoms with Gasteiger partial charge in [-0.3, -0.25) is 0 Å². The van der Waals surface area contributed by atoms with Crippen molar-refractivity contribution in [1.29, 1.82) is 0 Å². The van der Waals surface area contributed by atoms with Crippen molar-refractivity contribution in [2.45, 2.75) is 31.5 Å². The van der Waals surface area contributed by atoms with Gasteiger partial charge in [0, 0.05) is 25.2 Å². The van der Waals surface area contributed by atoms with Gasteiger partial charge in [0.1, 0.15) is 11.6 Å². The summed E-state index contributed by atoms with van der Waals surface area (Å²) in [6.07, 6.45) is -3.53. The molecular weight excluding hydrogens is 288 g/mol. The molecule has 0 aromatic heterocycles. The van der Waals surface area contributed by atoms with Gasteiger partial charge in [-0.2, -0.15) is 13.2 Å². The minimum Gasteiger partial charge on any atom is -0.493 e. The molecular formula is C14H18F4N2O. The van der Waals surface area contributed by atoms with Crippen LogP contribution in [0.25, 0.3) is 0 Å². The lowest BCUT2D eigenvalue weighted by Crippen LogP contribution is -2.43. The number of rotatable bonds is 4. The first kappa shape index (κ1) is 15.9. The van der Waals surface area contributed by atoms with E-state index >= 15 is 0 Å². The van der Waals surface area contributed by atoms with Crippen LogP contribution in [0.15, 0.2) is 18.2 Å². The largest absolute Gasteiger partial charge is 0.493 e. The van der Waals surface area contributed by atoms with Gasteiger partial charge in [0.2, 0.25) is 0 Å². The molecule has 3 nitrogen and oxygen atoms in total. The van der Waals surface area contributed by atoms with Crippen molar-refractivity contribution in [3.63, 3.8) is 0 Å². The van der Waals surface area contributed by atoms with Crippen molar-refractivity contribution < 1.29 is 22.3 Å². The lowest BCUT2D eigenvalue weighted by atomic mass is 10.1. The monoisotopic (exact) mass is 306 g/mol. The van der Waals surface area contributed by atoms with Gasteiger partial charge in [0.15, 0.2) is 0 Å². The molecule has 2 rings (SSSR count). The predicted octanol–water partition coefficient (Wildman–Crippen LogP) is 3.08. The van der Waals surface area contributed by atoms with Crippen LogP contribution in [-0.2, 0) is 0 Å². The highest BCUT2D eigenvalue weighted by Gasteiger charge is 2.27. The second kappa shape index (κ2) is 6.51. The second-order valence-corrected chi connectivity index (χ2v) is 5.18. The second-order valence-electron chi connectivity index (χ2n) is 5.18. The van der Waals surface area contributed by atoms with Gasteiger partial charge in [-0.25, -0.2) is 4.39 Å². The Labute approximate surface area is 120 Å². The Bertz CT molecular complexity index is 479. The Kier molecular flexibility index (Phi) is 4.92. The van der Waals surface area contributed by atoms with Crippen molar-refractivity contribution in [1.82, 2.24) is 0 Å². The third kappa shape index (κ3) is 4.77. The van der Waals surface area contributed by atoms with Crippen LogP contribution in [0.4, 0.5) is 23.2 Å². The number of halogens is 4. The van der Waals surface area contributed by atoms with Crippen molar-refractivity contribution in [2.75, 3.05) is 24.6 Å². The maximum Gasteiger partial charge on any atom is 0.392 e. The maximum atomic E-state index is 14.0. The zero-order chi connectivity index (χ0) is 15.5. The molecule has 1 unspecified atom stereocenters. The first-order chi connectivity index (χ1) is 9.85. The van der Waals surface area contributed by atoms with Gasteiger partial charge in [0.25, 0.3) is 0 Å². The van der Waals surface area contributed by atoms with Crippen LogP contribution in [-0.4, -0.2) is 31.9 Å². The molecule has 0 aliphatic carbocycles. The van der Waals surface area contributed by atoms with Crippen LogP contribution < -0.4 is 15.4 Å². The van der Waals surface area contributed by atoms with Crippen LogP contribution in [0, 0.1) is 5.82 Å². The van der Waals surface area contributed by atoms with Crippen molar-refractivity contribution in [3.8, 4) is 5.75 Å². The molecule has 1 aliphatic rings. The van der Waals surface area contributed by atoms with Crippen LogP contribution in [0.2, 0.25) is 0 Å². The molecule has 7 heteroatoms. The van der Waals surface area contributed by atoms with Crippen molar-refractivity contribution in [2.24, 2.45) is 5.73 Å². The SMILES string of the molecule is NC1CCCN(c2ccc(OCCC(F)(F)F)cc2F)C1. The molecule has 0 bridgehead atoms. The number of nitrogens with two attached hydrogens (primary N) is 1. The summed E-state index contributed by atoms with van der Waals surface area (Å²) in [6.45, 7) is 0.779. The fourth-order valence-electron chi connectivity index (χ4n) is 2.35. The number of piperidine rings is 1. The minimum absolute atomic E-state index is 0.0147. The lowest BCUT2D eigenvalue weighted by molar-refractivity contribution is -0.139. The third-order valence-electron chi connectivity index (χ3n) is 3.37. The number of alkyl halides is 3. The molecule has 0 spiro atoms. The molecule has 1 aromatic rings. The van der Waals surface area contributed by atoms with E-state index in [1.807, 2.05) is 4.90 Å². The third-order valence-corrected chi connectivity index (χ3v) is 3.37. The highest BCUT2D eigenvalue weighted by Crippen LogP contribution is 2.27. The van der Waals surface area contributed by atoms with Gasteiger partial charge in [0.05, 0.1) is 18.7 Å². The Morgan fingerprint density at radius 1 is 1.33 bits per heavy atom. The topological polar surface area (TPSA) is 38.5 Å². The van der Waals surface area contributed by atoms with Gasteiger partial charge in [-0.15, -0.1) is 0 Å². The first-order valence-corrected chi connectivity index (χ1v) is 6.85. The summed E-state index contributed by atoms with van der Waals surface area (Å²) in [5, 5.41) is 0. The Morgan fingerprint density at radius 2 is 2.10 bits per heavy atom. The average Bonchev–Trinajstić information content (AvgIpc) is 2.37. The van der Waals surface area contributed by atoms with Crippen LogP contribution in [0.3, 0.4) is 0 Å². The summed E-state index contributed by atoms with van der Waals surface area (Å²) in [4.78, 5) is 1.85. The molecule has 1 aromatic carbocycles. The quantitative estimate of drug-likeness (QED) is 0.869. The Balaban J connectivity index is 1.97. The number of anilines is 1. The zero-order valence-corrected chi connectivity index (χ0v) is 11.5. The molecule has 0 saturated carbocycles. The van der Waals surface area contributed by atoms with Crippen molar-refractivity contribution in [3.05, 3.63) is 24.0 Å². The Hall–Kier alpha value is -1.50. The fourth-order valence-corrected chi connectivity index (χ4v) is 2.35. The molecule has 1 aliphatic heterocycles. The predicted molar refractivity (Wildman–Crippen MR) is 72.0 cm³/mol. The van der Waals surface area contributed by atoms with Crippen LogP contribution in [0.5, 0.6) is 5.75 Å². The first-order valence-electron chi connectivity index (χ1n) is 6.85. The van der Waals surface area contributed by atoms with E-state index in [1.54, 1.807) is 0 Å². The van der Waals surface area contributed by atoms with E-state index in [0.29, 0.717) is 12.2 Å². The van der Waals surface area contributed by atoms with E-state index < -0.39 is 25.0 Å².